The molecule has 0 radical (unpaired) electrons. The van der Waals surface area contributed by atoms with E-state index in [1.165, 1.54) is 6.26 Å². The smallest absolute Gasteiger partial charge is 0.289 e. The third-order valence-corrected chi connectivity index (χ3v) is 6.46. The molecule has 2 aromatic heterocycles. The lowest BCUT2D eigenvalue weighted by atomic mass is 9.94. The number of carbonyl (C=O) groups excluding carboxylic acids is 2. The van der Waals surface area contributed by atoms with Gasteiger partial charge < -0.3 is 14.2 Å². The van der Waals surface area contributed by atoms with Crippen LogP contribution in [-0.4, -0.2) is 52.8 Å². The largest absolute Gasteiger partial charge is 0.459 e. The number of fused-ring (bicyclic) bond motifs is 2. The fraction of sp³-hybridized carbons (Fsp3) is 0.348. The van der Waals surface area contributed by atoms with Gasteiger partial charge in [0.05, 0.1) is 16.8 Å². The van der Waals surface area contributed by atoms with Crippen molar-refractivity contribution in [2.45, 2.75) is 25.7 Å². The Morgan fingerprint density at radius 3 is 2.43 bits per heavy atom. The molecule has 0 N–H and O–H groups in total. The highest BCUT2D eigenvalue weighted by Crippen LogP contribution is 2.33. The van der Waals surface area contributed by atoms with Gasteiger partial charge in [0.1, 0.15) is 0 Å². The number of pyridine rings is 1. The Morgan fingerprint density at radius 1 is 0.967 bits per heavy atom. The van der Waals surface area contributed by atoms with Crippen LogP contribution in [0.5, 0.6) is 0 Å². The monoisotopic (exact) mass is 423 g/mol. The Hall–Kier alpha value is -2.86. The number of benzene rings is 1. The molecule has 2 aliphatic rings. The molecule has 3 aromatic rings. The number of aryl methyl sites for hydroxylation is 1. The maximum Gasteiger partial charge on any atom is 0.289 e. The van der Waals surface area contributed by atoms with Gasteiger partial charge in [-0.2, -0.15) is 0 Å². The van der Waals surface area contributed by atoms with Gasteiger partial charge >= 0.3 is 0 Å². The zero-order valence-electron chi connectivity index (χ0n) is 16.6. The molecule has 0 unspecified atom stereocenters. The number of hydrogen-bond acceptors (Lipinski definition) is 4. The molecule has 154 valence electrons. The van der Waals surface area contributed by atoms with Crippen molar-refractivity contribution in [3.8, 4) is 0 Å². The molecule has 1 aliphatic heterocycles. The van der Waals surface area contributed by atoms with Crippen molar-refractivity contribution >= 4 is 34.3 Å². The molecule has 1 aromatic carbocycles. The van der Waals surface area contributed by atoms with Gasteiger partial charge in [0.15, 0.2) is 5.76 Å². The summed E-state index contributed by atoms with van der Waals surface area (Å²) >= 11 is 6.65. The number of carbonyl (C=O) groups is 2. The fourth-order valence-electron chi connectivity index (χ4n) is 4.35. The van der Waals surface area contributed by atoms with Crippen LogP contribution in [0.15, 0.2) is 41.0 Å². The summed E-state index contributed by atoms with van der Waals surface area (Å²) in [6.07, 6.45) is 5.67. The van der Waals surface area contributed by atoms with E-state index >= 15 is 0 Å². The lowest BCUT2D eigenvalue weighted by molar-refractivity contribution is 0.0518. The van der Waals surface area contributed by atoms with Gasteiger partial charge in [-0.25, -0.2) is 0 Å². The predicted octanol–water partition coefficient (Wildman–Crippen LogP) is 3.96. The molecule has 7 heteroatoms. The molecular weight excluding hydrogens is 402 g/mol. The molecule has 1 fully saturated rings. The van der Waals surface area contributed by atoms with Crippen molar-refractivity contribution in [3.63, 3.8) is 0 Å². The van der Waals surface area contributed by atoms with Gasteiger partial charge in [0.2, 0.25) is 0 Å². The molecule has 2 amide bonds. The predicted molar refractivity (Wildman–Crippen MR) is 114 cm³/mol. The fourth-order valence-corrected chi connectivity index (χ4v) is 4.71. The first kappa shape index (κ1) is 19.1. The molecule has 30 heavy (non-hydrogen) atoms. The number of amides is 2. The van der Waals surface area contributed by atoms with Crippen LogP contribution in [0, 0.1) is 0 Å². The molecule has 0 atom stereocenters. The third kappa shape index (κ3) is 3.35. The second kappa shape index (κ2) is 7.76. The number of hydrogen-bond donors (Lipinski definition) is 0. The lowest BCUT2D eigenvalue weighted by Crippen LogP contribution is -2.50. The highest BCUT2D eigenvalue weighted by Gasteiger charge is 2.27. The Morgan fingerprint density at radius 2 is 1.70 bits per heavy atom. The Balaban J connectivity index is 1.33. The highest BCUT2D eigenvalue weighted by molar-refractivity contribution is 6.36. The van der Waals surface area contributed by atoms with Crippen molar-refractivity contribution in [1.82, 2.24) is 14.8 Å². The van der Waals surface area contributed by atoms with Gasteiger partial charge in [0.25, 0.3) is 11.8 Å². The number of rotatable bonds is 2. The van der Waals surface area contributed by atoms with Crippen LogP contribution in [0.4, 0.5) is 0 Å². The number of aromatic nitrogens is 1. The van der Waals surface area contributed by atoms with Gasteiger partial charge in [-0.1, -0.05) is 17.7 Å². The van der Waals surface area contributed by atoms with E-state index in [-0.39, 0.29) is 11.8 Å². The highest BCUT2D eigenvalue weighted by atomic mass is 35.5. The Labute approximate surface area is 179 Å². The van der Waals surface area contributed by atoms with Crippen LogP contribution >= 0.6 is 11.6 Å². The Kier molecular flexibility index (Phi) is 4.95. The van der Waals surface area contributed by atoms with Gasteiger partial charge in [-0.15, -0.1) is 0 Å². The molecule has 0 saturated carbocycles. The van der Waals surface area contributed by atoms with E-state index in [1.54, 1.807) is 21.9 Å². The normalized spacial score (nSPS) is 16.6. The molecule has 0 spiro atoms. The standard InChI is InChI=1S/C23H22ClN3O3/c24-21-16-4-1-2-5-18(16)25-19-14-15(7-8-17(19)21)22(28)26-9-11-27(12-10-26)23(29)20-6-3-13-30-20/h3,6-8,13-14H,1-2,4-5,9-12H2. The summed E-state index contributed by atoms with van der Waals surface area (Å²) in [5.41, 5.74) is 3.60. The molecule has 6 nitrogen and oxygen atoms in total. The number of halogens is 1. The molecule has 0 bridgehead atoms. The van der Waals surface area contributed by atoms with E-state index in [1.807, 2.05) is 18.2 Å². The maximum absolute atomic E-state index is 13.1. The van der Waals surface area contributed by atoms with E-state index in [9.17, 15) is 9.59 Å². The lowest BCUT2D eigenvalue weighted by Gasteiger charge is -2.34. The van der Waals surface area contributed by atoms with E-state index < -0.39 is 0 Å². The molecular formula is C23H22ClN3O3. The minimum Gasteiger partial charge on any atom is -0.459 e. The van der Waals surface area contributed by atoms with Crippen molar-refractivity contribution in [2.24, 2.45) is 0 Å². The zero-order valence-corrected chi connectivity index (χ0v) is 17.3. The minimum atomic E-state index is -0.138. The van der Waals surface area contributed by atoms with Crippen molar-refractivity contribution < 1.29 is 14.0 Å². The summed E-state index contributed by atoms with van der Waals surface area (Å²) in [5, 5.41) is 1.68. The van der Waals surface area contributed by atoms with Crippen LogP contribution in [0.1, 0.15) is 45.0 Å². The SMILES string of the molecule is O=C(c1ccc2c(Cl)c3c(nc2c1)CCCC3)N1CCN(C(=O)c2ccco2)CC1. The van der Waals surface area contributed by atoms with E-state index in [4.69, 9.17) is 21.0 Å². The van der Waals surface area contributed by atoms with Gasteiger partial charge in [-0.3, -0.25) is 14.6 Å². The van der Waals surface area contributed by atoms with Crippen LogP contribution in [-0.2, 0) is 12.8 Å². The van der Waals surface area contributed by atoms with Gasteiger partial charge in [-0.05, 0) is 55.5 Å². The summed E-state index contributed by atoms with van der Waals surface area (Å²) in [5.74, 6) is 0.148. The van der Waals surface area contributed by atoms with Crippen LogP contribution < -0.4 is 0 Å². The summed E-state index contributed by atoms with van der Waals surface area (Å²) in [7, 11) is 0. The van der Waals surface area contributed by atoms with Crippen LogP contribution in [0.2, 0.25) is 5.02 Å². The first-order valence-corrected chi connectivity index (χ1v) is 10.7. The second-order valence-electron chi connectivity index (χ2n) is 7.85. The first-order valence-electron chi connectivity index (χ1n) is 10.3. The topological polar surface area (TPSA) is 66.7 Å². The zero-order chi connectivity index (χ0) is 20.7. The second-order valence-corrected chi connectivity index (χ2v) is 8.23. The number of nitrogens with zero attached hydrogens (tertiary/aromatic N) is 3. The van der Waals surface area contributed by atoms with E-state index in [0.717, 1.165) is 52.9 Å². The number of piperazine rings is 1. The Bertz CT molecular complexity index is 1120. The van der Waals surface area contributed by atoms with Crippen LogP contribution in [0.25, 0.3) is 10.9 Å². The maximum atomic E-state index is 13.1. The average Bonchev–Trinajstić information content (AvgIpc) is 3.33. The molecule has 1 saturated heterocycles. The summed E-state index contributed by atoms with van der Waals surface area (Å²) < 4.78 is 5.19. The van der Waals surface area contributed by atoms with Crippen molar-refractivity contribution in [3.05, 3.63) is 64.2 Å². The van der Waals surface area contributed by atoms with E-state index in [0.29, 0.717) is 37.5 Å². The number of furan rings is 1. The summed E-state index contributed by atoms with van der Waals surface area (Å²) in [6.45, 7) is 1.94. The summed E-state index contributed by atoms with van der Waals surface area (Å²) in [6, 6.07) is 8.94. The molecule has 5 rings (SSSR count). The first-order chi connectivity index (χ1) is 14.6. The third-order valence-electron chi connectivity index (χ3n) is 6.03. The summed E-state index contributed by atoms with van der Waals surface area (Å²) in [4.78, 5) is 33.8. The van der Waals surface area contributed by atoms with Gasteiger partial charge in [0, 0.05) is 42.8 Å². The average molecular weight is 424 g/mol. The van der Waals surface area contributed by atoms with Crippen molar-refractivity contribution in [2.75, 3.05) is 26.2 Å². The quantitative estimate of drug-likeness (QED) is 0.625. The van der Waals surface area contributed by atoms with Crippen LogP contribution in [0.3, 0.4) is 0 Å². The molecule has 3 heterocycles. The van der Waals surface area contributed by atoms with Crippen molar-refractivity contribution in [1.29, 1.82) is 0 Å². The van der Waals surface area contributed by atoms with E-state index in [2.05, 4.69) is 0 Å². The minimum absolute atomic E-state index is 0.0439. The molecule has 1 aliphatic carbocycles.